The summed E-state index contributed by atoms with van der Waals surface area (Å²) in [6.45, 7) is 0. The molecule has 0 radical (unpaired) electrons. The molecule has 13 heavy (non-hydrogen) atoms. The Morgan fingerprint density at radius 3 is 3.00 bits per heavy atom. The van der Waals surface area contributed by atoms with E-state index in [4.69, 9.17) is 0 Å². The average Bonchev–Trinajstić information content (AvgIpc) is 2.17. The van der Waals surface area contributed by atoms with Crippen molar-refractivity contribution in [2.75, 3.05) is 0 Å². The Morgan fingerprint density at radius 1 is 1.08 bits per heavy atom. The molecule has 2 unspecified atom stereocenters. The molecule has 0 amide bonds. The van der Waals surface area contributed by atoms with Crippen LogP contribution in [0.1, 0.15) is 32.1 Å². The van der Waals surface area contributed by atoms with Crippen LogP contribution in [0.2, 0.25) is 0 Å². The molecule has 0 saturated heterocycles. The van der Waals surface area contributed by atoms with Crippen LogP contribution in [0, 0.1) is 35.5 Å². The topological polar surface area (TPSA) is 0 Å². The van der Waals surface area contributed by atoms with Gasteiger partial charge in [0, 0.05) is 12.3 Å². The molecule has 0 heterocycles. The fraction of sp³-hybridized carbons (Fsp3) is 0.538. The number of hydrogen-bond acceptors (Lipinski definition) is 0. The third-order valence-electron chi connectivity index (χ3n) is 2.81. The van der Waals surface area contributed by atoms with E-state index in [9.17, 15) is 0 Å². The number of allylic oxidation sites excluding steroid dienone is 2. The van der Waals surface area contributed by atoms with Crippen LogP contribution >= 0.6 is 0 Å². The van der Waals surface area contributed by atoms with Gasteiger partial charge in [0.15, 0.2) is 0 Å². The smallest absolute Gasteiger partial charge is 0.0209 e. The predicted octanol–water partition coefficient (Wildman–Crippen LogP) is 2.76. The predicted molar refractivity (Wildman–Crippen MR) is 54.8 cm³/mol. The van der Waals surface area contributed by atoms with Gasteiger partial charge < -0.3 is 0 Å². The van der Waals surface area contributed by atoms with Gasteiger partial charge in [-0.15, -0.1) is 0 Å². The second-order valence-electron chi connectivity index (χ2n) is 3.88. The first-order chi connectivity index (χ1) is 6.45. The molecule has 2 bridgehead atoms. The molecule has 2 aliphatic carbocycles. The molecule has 1 saturated carbocycles. The summed E-state index contributed by atoms with van der Waals surface area (Å²) in [5, 5.41) is 0. The Balaban J connectivity index is 2.14. The van der Waals surface area contributed by atoms with Crippen molar-refractivity contribution in [1.82, 2.24) is 0 Å². The highest BCUT2D eigenvalue weighted by Gasteiger charge is 2.19. The quantitative estimate of drug-likeness (QED) is 0.490. The van der Waals surface area contributed by atoms with Crippen LogP contribution in [0.15, 0.2) is 12.2 Å². The fourth-order valence-corrected chi connectivity index (χ4v) is 2.12. The molecule has 0 aliphatic heterocycles. The Kier molecular flexibility index (Phi) is 2.73. The summed E-state index contributed by atoms with van der Waals surface area (Å²) in [6.07, 6.45) is 10.1. The average molecular weight is 170 g/mol. The van der Waals surface area contributed by atoms with Crippen molar-refractivity contribution in [3.63, 3.8) is 0 Å². The maximum atomic E-state index is 3.32. The Morgan fingerprint density at radius 2 is 2.00 bits per heavy atom. The summed E-state index contributed by atoms with van der Waals surface area (Å²) in [4.78, 5) is 0. The van der Waals surface area contributed by atoms with Gasteiger partial charge in [-0.1, -0.05) is 30.1 Å². The molecular weight excluding hydrogens is 156 g/mol. The maximum Gasteiger partial charge on any atom is 0.0209 e. The number of rotatable bonds is 0. The van der Waals surface area contributed by atoms with Gasteiger partial charge in [-0.05, 0) is 37.3 Å². The van der Waals surface area contributed by atoms with E-state index in [2.05, 4.69) is 23.7 Å². The standard InChI is InChI=1S/C13H14/c1-2-4-7-12-9-6-10-13(11-12)8-5-3-1/h1-2,12-13H,6,8-11H2/b2-1+. The van der Waals surface area contributed by atoms with Crippen LogP contribution in [0.25, 0.3) is 0 Å². The Bertz CT molecular complexity index is 313. The van der Waals surface area contributed by atoms with Crippen LogP contribution in [0.5, 0.6) is 0 Å². The molecule has 1 fully saturated rings. The monoisotopic (exact) mass is 170 g/mol. The van der Waals surface area contributed by atoms with E-state index in [0.29, 0.717) is 5.92 Å². The van der Waals surface area contributed by atoms with Gasteiger partial charge in [0.25, 0.3) is 0 Å². The second kappa shape index (κ2) is 4.20. The number of hydrogen-bond donors (Lipinski definition) is 0. The Labute approximate surface area is 80.4 Å². The Hall–Kier alpha value is -1.14. The maximum absolute atomic E-state index is 3.32. The SMILES string of the molecule is C1#CCC2CCCC(C#C/C=C/1)C2. The van der Waals surface area contributed by atoms with Crippen LogP contribution < -0.4 is 0 Å². The zero-order valence-electron chi connectivity index (χ0n) is 7.84. The van der Waals surface area contributed by atoms with E-state index in [-0.39, 0.29) is 0 Å². The summed E-state index contributed by atoms with van der Waals surface area (Å²) in [7, 11) is 0. The van der Waals surface area contributed by atoms with Gasteiger partial charge in [0.2, 0.25) is 0 Å². The highest BCUT2D eigenvalue weighted by Crippen LogP contribution is 2.30. The first-order valence-corrected chi connectivity index (χ1v) is 5.09. The van der Waals surface area contributed by atoms with Crippen LogP contribution in [-0.2, 0) is 0 Å². The summed E-state index contributed by atoms with van der Waals surface area (Å²) in [6, 6.07) is 0. The lowest BCUT2D eigenvalue weighted by Gasteiger charge is -2.24. The molecule has 0 nitrogen and oxygen atoms in total. The first kappa shape index (κ1) is 8.46. The van der Waals surface area contributed by atoms with Gasteiger partial charge in [0.1, 0.15) is 0 Å². The van der Waals surface area contributed by atoms with E-state index in [1.165, 1.54) is 25.7 Å². The van der Waals surface area contributed by atoms with E-state index in [1.54, 1.807) is 0 Å². The fourth-order valence-electron chi connectivity index (χ4n) is 2.12. The van der Waals surface area contributed by atoms with Crippen molar-refractivity contribution < 1.29 is 0 Å². The van der Waals surface area contributed by atoms with Crippen molar-refractivity contribution >= 4 is 0 Å². The van der Waals surface area contributed by atoms with Crippen LogP contribution in [-0.4, -0.2) is 0 Å². The highest BCUT2D eigenvalue weighted by atomic mass is 14.2. The van der Waals surface area contributed by atoms with Crippen molar-refractivity contribution in [3.05, 3.63) is 12.2 Å². The summed E-state index contributed by atoms with van der Waals surface area (Å²) < 4.78 is 0. The summed E-state index contributed by atoms with van der Waals surface area (Å²) in [5.41, 5.74) is 0. The minimum atomic E-state index is 0.642. The minimum Gasteiger partial charge on any atom is -0.0982 e. The van der Waals surface area contributed by atoms with Crippen LogP contribution in [0.3, 0.4) is 0 Å². The lowest BCUT2D eigenvalue weighted by atomic mass is 9.80. The third kappa shape index (κ3) is 2.40. The molecule has 2 atom stereocenters. The number of fused-ring (bicyclic) bond motifs is 2. The van der Waals surface area contributed by atoms with E-state index >= 15 is 0 Å². The molecule has 0 aromatic heterocycles. The normalized spacial score (nSPS) is 33.2. The van der Waals surface area contributed by atoms with E-state index < -0.39 is 0 Å². The van der Waals surface area contributed by atoms with Crippen molar-refractivity contribution in [2.45, 2.75) is 32.1 Å². The van der Waals surface area contributed by atoms with Gasteiger partial charge in [-0.25, -0.2) is 0 Å². The van der Waals surface area contributed by atoms with E-state index in [1.807, 2.05) is 12.2 Å². The zero-order chi connectivity index (χ0) is 8.93. The minimum absolute atomic E-state index is 0.642. The molecule has 0 heteroatoms. The second-order valence-corrected chi connectivity index (χ2v) is 3.88. The van der Waals surface area contributed by atoms with Crippen molar-refractivity contribution in [1.29, 1.82) is 0 Å². The molecule has 2 rings (SSSR count). The molecule has 0 aromatic rings. The van der Waals surface area contributed by atoms with Crippen molar-refractivity contribution in [3.8, 4) is 23.7 Å². The molecular formula is C13H14. The molecule has 0 N–H and O–H groups in total. The zero-order valence-corrected chi connectivity index (χ0v) is 7.84. The largest absolute Gasteiger partial charge is 0.0982 e. The van der Waals surface area contributed by atoms with Gasteiger partial charge in [0.05, 0.1) is 0 Å². The third-order valence-corrected chi connectivity index (χ3v) is 2.81. The van der Waals surface area contributed by atoms with Gasteiger partial charge in [-0.2, -0.15) is 0 Å². The molecule has 0 aromatic carbocycles. The molecule has 0 spiro atoms. The van der Waals surface area contributed by atoms with Gasteiger partial charge in [-0.3, -0.25) is 0 Å². The highest BCUT2D eigenvalue weighted by molar-refractivity contribution is 5.26. The first-order valence-electron chi connectivity index (χ1n) is 5.09. The van der Waals surface area contributed by atoms with Gasteiger partial charge >= 0.3 is 0 Å². The van der Waals surface area contributed by atoms with E-state index in [0.717, 1.165) is 12.3 Å². The summed E-state index contributed by atoms with van der Waals surface area (Å²) >= 11 is 0. The lowest BCUT2D eigenvalue weighted by Crippen LogP contribution is -2.13. The molecule has 2 aliphatic rings. The lowest BCUT2D eigenvalue weighted by molar-refractivity contribution is 0.316. The summed E-state index contributed by atoms with van der Waals surface area (Å²) in [5.74, 6) is 14.1. The molecule has 66 valence electrons. The van der Waals surface area contributed by atoms with Crippen molar-refractivity contribution in [2.24, 2.45) is 11.8 Å². The van der Waals surface area contributed by atoms with Crippen LogP contribution in [0.4, 0.5) is 0 Å².